The number of nitrogens with two attached hydrogens (primary N) is 1. The van der Waals surface area contributed by atoms with Crippen LogP contribution in [0.3, 0.4) is 0 Å². The van der Waals surface area contributed by atoms with Crippen LogP contribution in [0.5, 0.6) is 0 Å². The molecule has 0 saturated carbocycles. The summed E-state index contributed by atoms with van der Waals surface area (Å²) < 4.78 is 5.35. The second-order valence-electron chi connectivity index (χ2n) is 6.18. The van der Waals surface area contributed by atoms with Crippen LogP contribution in [0.15, 0.2) is 34.9 Å². The van der Waals surface area contributed by atoms with Crippen LogP contribution in [-0.4, -0.2) is 10.1 Å². The van der Waals surface area contributed by atoms with Crippen molar-refractivity contribution in [3.8, 4) is 0 Å². The van der Waals surface area contributed by atoms with Crippen LogP contribution in [-0.2, 0) is 5.41 Å². The summed E-state index contributed by atoms with van der Waals surface area (Å²) >= 11 is 0. The van der Waals surface area contributed by atoms with Gasteiger partial charge in [0.05, 0.1) is 11.5 Å². The van der Waals surface area contributed by atoms with E-state index in [-0.39, 0.29) is 11.5 Å². The van der Waals surface area contributed by atoms with Gasteiger partial charge in [-0.1, -0.05) is 49.3 Å². The Bertz CT molecular complexity index is 546. The third-order valence-electron chi connectivity index (χ3n) is 3.54. The monoisotopic (exact) mass is 273 g/mol. The molecule has 0 aliphatic carbocycles. The van der Waals surface area contributed by atoms with Gasteiger partial charge in [-0.15, -0.1) is 0 Å². The van der Waals surface area contributed by atoms with Crippen molar-refractivity contribution < 1.29 is 4.52 Å². The fourth-order valence-electron chi connectivity index (χ4n) is 2.23. The number of benzene rings is 1. The fourth-order valence-corrected chi connectivity index (χ4v) is 2.23. The summed E-state index contributed by atoms with van der Waals surface area (Å²) in [6, 6.07) is 9.99. The Labute approximate surface area is 120 Å². The van der Waals surface area contributed by atoms with Crippen LogP contribution in [0.25, 0.3) is 0 Å². The number of hydrogen-bond acceptors (Lipinski definition) is 4. The summed E-state index contributed by atoms with van der Waals surface area (Å²) in [6.07, 6.45) is 0.841. The van der Waals surface area contributed by atoms with Gasteiger partial charge in [-0.2, -0.15) is 4.98 Å². The largest absolute Gasteiger partial charge is 0.338 e. The van der Waals surface area contributed by atoms with Crippen molar-refractivity contribution >= 4 is 0 Å². The molecule has 20 heavy (non-hydrogen) atoms. The Balaban J connectivity index is 2.24. The molecule has 2 N–H and O–H groups in total. The molecule has 0 radical (unpaired) electrons. The average Bonchev–Trinajstić information content (AvgIpc) is 2.89. The van der Waals surface area contributed by atoms with Crippen LogP contribution in [0.1, 0.15) is 57.4 Å². The molecule has 0 spiro atoms. The second-order valence-corrected chi connectivity index (χ2v) is 6.18. The molecule has 4 nitrogen and oxygen atoms in total. The summed E-state index contributed by atoms with van der Waals surface area (Å²) in [5.74, 6) is 1.71. The second kappa shape index (κ2) is 5.75. The molecule has 108 valence electrons. The molecule has 0 unspecified atom stereocenters. The minimum Gasteiger partial charge on any atom is -0.338 e. The first-order valence-corrected chi connectivity index (χ1v) is 7.06. The van der Waals surface area contributed by atoms with E-state index in [0.717, 1.165) is 12.0 Å². The molecular formula is C16H23N3O. The highest BCUT2D eigenvalue weighted by Crippen LogP contribution is 2.30. The lowest BCUT2D eigenvalue weighted by molar-refractivity contribution is 0.329. The van der Waals surface area contributed by atoms with Gasteiger partial charge in [-0.25, -0.2) is 0 Å². The standard InChI is InChI=1S/C16H23N3O/c1-11(2)10-13(17)14-18-15(19-20-14)16(3,4)12-8-6-5-7-9-12/h5-9,11,13H,10,17H2,1-4H3/t13-/m1/s1. The molecule has 0 fully saturated rings. The highest BCUT2D eigenvalue weighted by Gasteiger charge is 2.29. The molecule has 0 bridgehead atoms. The van der Waals surface area contributed by atoms with Gasteiger partial charge in [-0.05, 0) is 31.7 Å². The van der Waals surface area contributed by atoms with E-state index in [2.05, 4.69) is 50.0 Å². The van der Waals surface area contributed by atoms with Crippen LogP contribution in [0, 0.1) is 5.92 Å². The van der Waals surface area contributed by atoms with Crippen molar-refractivity contribution in [1.29, 1.82) is 0 Å². The van der Waals surface area contributed by atoms with Crippen LogP contribution in [0.2, 0.25) is 0 Å². The molecule has 0 aliphatic rings. The van der Waals surface area contributed by atoms with Gasteiger partial charge in [0.25, 0.3) is 0 Å². The number of aromatic nitrogens is 2. The predicted octanol–water partition coefficient (Wildman–Crippen LogP) is 3.44. The van der Waals surface area contributed by atoms with Crippen molar-refractivity contribution in [3.05, 3.63) is 47.6 Å². The van der Waals surface area contributed by atoms with E-state index in [9.17, 15) is 0 Å². The van der Waals surface area contributed by atoms with Crippen molar-refractivity contribution in [1.82, 2.24) is 10.1 Å². The first-order valence-electron chi connectivity index (χ1n) is 7.06. The van der Waals surface area contributed by atoms with Gasteiger partial charge in [0.1, 0.15) is 0 Å². The van der Waals surface area contributed by atoms with Crippen molar-refractivity contribution in [2.45, 2.75) is 45.6 Å². The van der Waals surface area contributed by atoms with Gasteiger partial charge >= 0.3 is 0 Å². The molecular weight excluding hydrogens is 250 g/mol. The molecule has 1 aromatic heterocycles. The van der Waals surface area contributed by atoms with E-state index in [1.807, 2.05) is 18.2 Å². The lowest BCUT2D eigenvalue weighted by Gasteiger charge is -2.20. The minimum atomic E-state index is -0.291. The topological polar surface area (TPSA) is 64.9 Å². The maximum Gasteiger partial charge on any atom is 0.243 e. The zero-order chi connectivity index (χ0) is 14.8. The van der Waals surface area contributed by atoms with Crippen LogP contribution >= 0.6 is 0 Å². The maximum atomic E-state index is 6.09. The third kappa shape index (κ3) is 3.07. The summed E-state index contributed by atoms with van der Waals surface area (Å²) in [5, 5.41) is 4.13. The molecule has 4 heteroatoms. The Morgan fingerprint density at radius 2 is 1.85 bits per heavy atom. The Morgan fingerprint density at radius 1 is 1.20 bits per heavy atom. The predicted molar refractivity (Wildman–Crippen MR) is 79.3 cm³/mol. The highest BCUT2D eigenvalue weighted by molar-refractivity contribution is 5.30. The molecule has 0 saturated heterocycles. The lowest BCUT2D eigenvalue weighted by atomic mass is 9.84. The summed E-state index contributed by atoms with van der Waals surface area (Å²) in [4.78, 5) is 4.51. The van der Waals surface area contributed by atoms with E-state index in [0.29, 0.717) is 17.6 Å². The Morgan fingerprint density at radius 3 is 2.45 bits per heavy atom. The van der Waals surface area contributed by atoms with Gasteiger partial charge in [0, 0.05) is 0 Å². The number of nitrogens with zero attached hydrogens (tertiary/aromatic N) is 2. The normalized spacial score (nSPS) is 13.7. The van der Waals surface area contributed by atoms with Gasteiger partial charge in [0.2, 0.25) is 5.89 Å². The zero-order valence-electron chi connectivity index (χ0n) is 12.6. The van der Waals surface area contributed by atoms with Crippen LogP contribution < -0.4 is 5.73 Å². The summed E-state index contributed by atoms with van der Waals surface area (Å²) in [7, 11) is 0. The van der Waals surface area contributed by atoms with Crippen molar-refractivity contribution in [2.75, 3.05) is 0 Å². The molecule has 0 aliphatic heterocycles. The fraction of sp³-hybridized carbons (Fsp3) is 0.500. The molecule has 2 rings (SSSR count). The zero-order valence-corrected chi connectivity index (χ0v) is 12.6. The van der Waals surface area contributed by atoms with E-state index in [4.69, 9.17) is 10.3 Å². The molecule has 1 atom stereocenters. The molecule has 0 amide bonds. The third-order valence-corrected chi connectivity index (χ3v) is 3.54. The summed E-state index contributed by atoms with van der Waals surface area (Å²) in [6.45, 7) is 8.44. The van der Waals surface area contributed by atoms with Gasteiger partial charge < -0.3 is 10.3 Å². The Kier molecular flexibility index (Phi) is 4.23. The quantitative estimate of drug-likeness (QED) is 0.906. The van der Waals surface area contributed by atoms with Crippen LogP contribution in [0.4, 0.5) is 0 Å². The van der Waals surface area contributed by atoms with Crippen molar-refractivity contribution in [3.63, 3.8) is 0 Å². The smallest absolute Gasteiger partial charge is 0.243 e. The van der Waals surface area contributed by atoms with E-state index >= 15 is 0 Å². The maximum absolute atomic E-state index is 6.09. The van der Waals surface area contributed by atoms with Gasteiger partial charge in [0.15, 0.2) is 5.82 Å². The SMILES string of the molecule is CC(C)C[C@@H](N)c1nc(C(C)(C)c2ccccc2)no1. The number of hydrogen-bond donors (Lipinski definition) is 1. The molecule has 2 aromatic rings. The van der Waals surface area contributed by atoms with E-state index < -0.39 is 0 Å². The highest BCUT2D eigenvalue weighted by atomic mass is 16.5. The summed E-state index contributed by atoms with van der Waals surface area (Å²) in [5.41, 5.74) is 6.96. The van der Waals surface area contributed by atoms with E-state index in [1.54, 1.807) is 0 Å². The van der Waals surface area contributed by atoms with E-state index in [1.165, 1.54) is 0 Å². The lowest BCUT2D eigenvalue weighted by Crippen LogP contribution is -2.21. The molecule has 1 heterocycles. The average molecular weight is 273 g/mol. The minimum absolute atomic E-state index is 0.192. The van der Waals surface area contributed by atoms with Crippen molar-refractivity contribution in [2.24, 2.45) is 11.7 Å². The Hall–Kier alpha value is -1.68. The first-order chi connectivity index (χ1) is 9.41. The molecule has 1 aromatic carbocycles. The number of rotatable bonds is 5. The van der Waals surface area contributed by atoms with Gasteiger partial charge in [-0.3, -0.25) is 0 Å². The first kappa shape index (κ1) is 14.7.